The summed E-state index contributed by atoms with van der Waals surface area (Å²) in [5, 5.41) is 13.7. The number of hydrogen-bond acceptors (Lipinski definition) is 8. The third-order valence-electron chi connectivity index (χ3n) is 4.50. The molecule has 1 aromatic heterocycles. The average Bonchev–Trinajstić information content (AvgIpc) is 2.78. The molecule has 0 aliphatic rings. The molecule has 0 spiro atoms. The van der Waals surface area contributed by atoms with Crippen molar-refractivity contribution < 1.29 is 9.47 Å². The molecule has 3 N–H and O–H groups in total. The molecule has 0 atom stereocenters. The van der Waals surface area contributed by atoms with Crippen LogP contribution in [0.3, 0.4) is 0 Å². The molecule has 0 radical (unpaired) electrons. The molecule has 8 heteroatoms. The summed E-state index contributed by atoms with van der Waals surface area (Å²) in [6.07, 6.45) is 2.62. The van der Waals surface area contributed by atoms with E-state index in [1.165, 1.54) is 11.8 Å². The second kappa shape index (κ2) is 9.85. The average molecular weight is 422 g/mol. The second-order valence-corrected chi connectivity index (χ2v) is 7.16. The zero-order chi connectivity index (χ0) is 21.5. The Morgan fingerprint density at radius 1 is 1.10 bits per heavy atom. The minimum atomic E-state index is 0.394. The molecule has 0 saturated carbocycles. The number of methoxy groups -OCH3 is 2. The number of ether oxygens (including phenoxy) is 2. The van der Waals surface area contributed by atoms with Gasteiger partial charge in [-0.3, -0.25) is 0 Å². The smallest absolute Gasteiger partial charge is 0.189 e. The van der Waals surface area contributed by atoms with Gasteiger partial charge >= 0.3 is 0 Å². The van der Waals surface area contributed by atoms with Crippen LogP contribution in [0.25, 0.3) is 11.3 Å². The van der Waals surface area contributed by atoms with E-state index < -0.39 is 0 Å². The van der Waals surface area contributed by atoms with Crippen molar-refractivity contribution in [2.75, 3.05) is 38.1 Å². The van der Waals surface area contributed by atoms with Gasteiger partial charge in [-0.1, -0.05) is 30.0 Å². The van der Waals surface area contributed by atoms with Crippen LogP contribution in [0.15, 0.2) is 47.6 Å². The van der Waals surface area contributed by atoms with E-state index in [0.717, 1.165) is 17.5 Å². The van der Waals surface area contributed by atoms with E-state index in [9.17, 15) is 5.26 Å². The maximum Gasteiger partial charge on any atom is 0.189 e. The molecule has 0 fully saturated rings. The van der Waals surface area contributed by atoms with Crippen LogP contribution < -0.4 is 20.5 Å². The van der Waals surface area contributed by atoms with Crippen LogP contribution in [0.5, 0.6) is 11.5 Å². The quantitative estimate of drug-likeness (QED) is 0.319. The van der Waals surface area contributed by atoms with Crippen molar-refractivity contribution in [1.82, 2.24) is 9.97 Å². The Bertz CT molecular complexity index is 1080. The number of nitrogens with one attached hydrogen (secondary N) is 1. The highest BCUT2D eigenvalue weighted by atomic mass is 32.2. The summed E-state index contributed by atoms with van der Waals surface area (Å²) in [6, 6.07) is 15.4. The number of nitriles is 1. The van der Waals surface area contributed by atoms with Gasteiger partial charge in [0.25, 0.3) is 0 Å². The van der Waals surface area contributed by atoms with Gasteiger partial charge in [0.2, 0.25) is 0 Å². The molecular weight excluding hydrogens is 398 g/mol. The Morgan fingerprint density at radius 2 is 1.90 bits per heavy atom. The molecule has 7 nitrogen and oxygen atoms in total. The van der Waals surface area contributed by atoms with E-state index in [1.807, 2.05) is 36.6 Å². The van der Waals surface area contributed by atoms with E-state index in [4.69, 9.17) is 15.2 Å². The van der Waals surface area contributed by atoms with Crippen LogP contribution in [0, 0.1) is 11.3 Å². The van der Waals surface area contributed by atoms with Crippen molar-refractivity contribution in [3.05, 3.63) is 53.6 Å². The maximum absolute atomic E-state index is 9.80. The molecule has 3 aromatic rings. The van der Waals surface area contributed by atoms with Gasteiger partial charge in [-0.05, 0) is 42.5 Å². The number of benzene rings is 2. The van der Waals surface area contributed by atoms with Crippen LogP contribution >= 0.6 is 11.8 Å². The fraction of sp³-hybridized carbons (Fsp3) is 0.227. The number of hydrogen-bond donors (Lipinski definition) is 2. The van der Waals surface area contributed by atoms with E-state index in [1.54, 1.807) is 26.4 Å². The first-order chi connectivity index (χ1) is 14.6. The highest BCUT2D eigenvalue weighted by molar-refractivity contribution is 7.98. The van der Waals surface area contributed by atoms with E-state index in [2.05, 4.69) is 21.4 Å². The van der Waals surface area contributed by atoms with Gasteiger partial charge in [0.15, 0.2) is 16.7 Å². The number of anilines is 2. The summed E-state index contributed by atoms with van der Waals surface area (Å²) in [5.41, 5.74) is 9.36. The van der Waals surface area contributed by atoms with Crippen molar-refractivity contribution in [3.63, 3.8) is 0 Å². The lowest BCUT2D eigenvalue weighted by Crippen LogP contribution is -2.10. The molecule has 0 bridgehead atoms. The van der Waals surface area contributed by atoms with Crippen molar-refractivity contribution in [3.8, 4) is 28.8 Å². The molecule has 0 aliphatic heterocycles. The third kappa shape index (κ3) is 4.75. The van der Waals surface area contributed by atoms with Crippen LogP contribution in [0.2, 0.25) is 0 Å². The Morgan fingerprint density at radius 3 is 2.57 bits per heavy atom. The minimum Gasteiger partial charge on any atom is -0.493 e. The molecule has 30 heavy (non-hydrogen) atoms. The molecule has 2 aromatic carbocycles. The van der Waals surface area contributed by atoms with Crippen LogP contribution in [-0.2, 0) is 6.42 Å². The molecular formula is C22H23N5O2S. The Balaban J connectivity index is 1.85. The van der Waals surface area contributed by atoms with Crippen LogP contribution in [0.1, 0.15) is 11.1 Å². The molecule has 0 saturated heterocycles. The summed E-state index contributed by atoms with van der Waals surface area (Å²) >= 11 is 1.42. The summed E-state index contributed by atoms with van der Waals surface area (Å²) in [7, 11) is 3.22. The second-order valence-electron chi connectivity index (χ2n) is 6.39. The number of nitrogens with two attached hydrogens (primary N) is 1. The summed E-state index contributed by atoms with van der Waals surface area (Å²) in [6.45, 7) is 0.589. The number of aromatic nitrogens is 2. The van der Waals surface area contributed by atoms with Crippen LogP contribution in [0.4, 0.5) is 11.5 Å². The molecule has 0 aliphatic carbocycles. The topological polar surface area (TPSA) is 106 Å². The largest absolute Gasteiger partial charge is 0.493 e. The van der Waals surface area contributed by atoms with Crippen molar-refractivity contribution in [2.45, 2.75) is 11.6 Å². The highest BCUT2D eigenvalue weighted by Crippen LogP contribution is 2.30. The molecule has 1 heterocycles. The lowest BCUT2D eigenvalue weighted by molar-refractivity contribution is 0.354. The Hall–Kier alpha value is -3.44. The Kier molecular flexibility index (Phi) is 6.99. The van der Waals surface area contributed by atoms with E-state index in [-0.39, 0.29) is 0 Å². The maximum atomic E-state index is 9.80. The van der Waals surface area contributed by atoms with Gasteiger partial charge in [-0.15, -0.1) is 0 Å². The first-order valence-corrected chi connectivity index (χ1v) is 10.5. The first kappa shape index (κ1) is 21.3. The zero-order valence-corrected chi connectivity index (χ0v) is 17.9. The SMILES string of the molecule is COc1ccc(CCNc2nc(SC)nc(-c3cccc(N)c3)c2C#N)cc1OC. The molecule has 3 rings (SSSR count). The third-order valence-corrected chi connectivity index (χ3v) is 5.04. The van der Waals surface area contributed by atoms with Gasteiger partial charge < -0.3 is 20.5 Å². The fourth-order valence-corrected chi connectivity index (χ4v) is 3.39. The standard InChI is InChI=1S/C22H23N5O2S/c1-28-18-8-7-14(11-19(18)29-2)9-10-25-21-17(13-23)20(26-22(27-21)30-3)15-5-4-6-16(24)12-15/h4-8,11-12H,9-10,24H2,1-3H3,(H,25,26,27). The number of nitrogen functional groups attached to an aromatic ring is 1. The normalized spacial score (nSPS) is 10.3. The van der Waals surface area contributed by atoms with Gasteiger partial charge in [-0.2, -0.15) is 5.26 Å². The van der Waals surface area contributed by atoms with Crippen molar-refractivity contribution >= 4 is 23.3 Å². The monoisotopic (exact) mass is 421 g/mol. The lowest BCUT2D eigenvalue weighted by atomic mass is 10.1. The number of thioether (sulfide) groups is 1. The van der Waals surface area contributed by atoms with Crippen LogP contribution in [-0.4, -0.2) is 37.0 Å². The van der Waals surface area contributed by atoms with Gasteiger partial charge in [0.1, 0.15) is 17.5 Å². The van der Waals surface area contributed by atoms with E-state index >= 15 is 0 Å². The minimum absolute atomic E-state index is 0.394. The lowest BCUT2D eigenvalue weighted by Gasteiger charge is -2.13. The summed E-state index contributed by atoms with van der Waals surface area (Å²) in [5.74, 6) is 1.88. The molecule has 154 valence electrons. The Labute approximate surface area is 180 Å². The fourth-order valence-electron chi connectivity index (χ4n) is 3.02. The molecule has 0 unspecified atom stereocenters. The van der Waals surface area contributed by atoms with Crippen molar-refractivity contribution in [1.29, 1.82) is 5.26 Å². The molecule has 0 amide bonds. The highest BCUT2D eigenvalue weighted by Gasteiger charge is 2.16. The van der Waals surface area contributed by atoms with E-state index in [0.29, 0.717) is 46.0 Å². The summed E-state index contributed by atoms with van der Waals surface area (Å²) < 4.78 is 10.6. The number of nitrogens with zero attached hydrogens (tertiary/aromatic N) is 3. The first-order valence-electron chi connectivity index (χ1n) is 9.26. The van der Waals surface area contributed by atoms with Crippen molar-refractivity contribution in [2.24, 2.45) is 0 Å². The predicted octanol–water partition coefficient (Wildman–Crippen LogP) is 3.99. The predicted molar refractivity (Wildman–Crippen MR) is 120 cm³/mol. The van der Waals surface area contributed by atoms with Gasteiger partial charge in [0.05, 0.1) is 19.9 Å². The zero-order valence-electron chi connectivity index (χ0n) is 17.1. The van der Waals surface area contributed by atoms with Gasteiger partial charge in [-0.25, -0.2) is 9.97 Å². The number of rotatable bonds is 8. The summed E-state index contributed by atoms with van der Waals surface area (Å²) in [4.78, 5) is 9.05. The van der Waals surface area contributed by atoms with Gasteiger partial charge in [0, 0.05) is 17.8 Å².